The van der Waals surface area contributed by atoms with Gasteiger partial charge in [-0.05, 0) is 18.6 Å². The van der Waals surface area contributed by atoms with Crippen LogP contribution in [0.2, 0.25) is 5.02 Å². The van der Waals surface area contributed by atoms with Crippen LogP contribution in [0.15, 0.2) is 52.9 Å². The first-order chi connectivity index (χ1) is 13.1. The Morgan fingerprint density at radius 3 is 2.74 bits per heavy atom. The Kier molecular flexibility index (Phi) is 4.83. The van der Waals surface area contributed by atoms with Crippen molar-refractivity contribution in [3.63, 3.8) is 0 Å². The smallest absolute Gasteiger partial charge is 0.272 e. The second-order valence-corrected chi connectivity index (χ2v) is 7.36. The summed E-state index contributed by atoms with van der Waals surface area (Å²) in [4.78, 5) is 13.7. The molecule has 3 aromatic rings. The third-order valence-electron chi connectivity index (χ3n) is 4.14. The zero-order chi connectivity index (χ0) is 18.8. The molecule has 7 heteroatoms. The van der Waals surface area contributed by atoms with Gasteiger partial charge in [0.05, 0.1) is 16.8 Å². The molecule has 2 aromatic carbocycles. The van der Waals surface area contributed by atoms with E-state index in [2.05, 4.69) is 10.5 Å². The van der Waals surface area contributed by atoms with E-state index in [-0.39, 0.29) is 12.7 Å². The number of aryl methyl sites for hydroxylation is 1. The van der Waals surface area contributed by atoms with Crippen molar-refractivity contribution in [2.75, 3.05) is 6.79 Å². The molecule has 5 nitrogen and oxygen atoms in total. The number of amides is 1. The fraction of sp³-hybridized carbons (Fsp3) is 0.100. The van der Waals surface area contributed by atoms with Crippen LogP contribution in [0.5, 0.6) is 11.5 Å². The van der Waals surface area contributed by atoms with Crippen LogP contribution in [0.25, 0.3) is 11.1 Å². The maximum Gasteiger partial charge on any atom is 0.272 e. The largest absolute Gasteiger partial charge is 0.454 e. The summed E-state index contributed by atoms with van der Waals surface area (Å²) in [5.41, 5.74) is 5.73. The number of thiophene rings is 1. The maximum atomic E-state index is 12.6. The standard InChI is InChI=1S/C20H15ClN2O3S/c1-12-19(13-5-3-2-4-6-13)15(10-27-12)20(24)23-22-9-14-7-17-18(8-16(14)21)26-11-25-17/h2-10H,11H2,1H3,(H,23,24)/b22-9-. The number of halogens is 1. The van der Waals surface area contributed by atoms with Gasteiger partial charge in [-0.15, -0.1) is 11.3 Å². The van der Waals surface area contributed by atoms with Crippen LogP contribution in [0.4, 0.5) is 0 Å². The van der Waals surface area contributed by atoms with Gasteiger partial charge >= 0.3 is 0 Å². The maximum absolute atomic E-state index is 12.6. The second-order valence-electron chi connectivity index (χ2n) is 5.87. The van der Waals surface area contributed by atoms with Gasteiger partial charge in [0.2, 0.25) is 6.79 Å². The molecule has 136 valence electrons. The number of nitrogens with zero attached hydrogens (tertiary/aromatic N) is 1. The van der Waals surface area contributed by atoms with Gasteiger partial charge in [0, 0.05) is 27.5 Å². The van der Waals surface area contributed by atoms with Crippen LogP contribution in [-0.2, 0) is 0 Å². The zero-order valence-electron chi connectivity index (χ0n) is 14.4. The molecule has 0 saturated heterocycles. The highest BCUT2D eigenvalue weighted by Gasteiger charge is 2.18. The molecule has 0 aliphatic carbocycles. The molecular weight excluding hydrogens is 384 g/mol. The predicted octanol–water partition coefficient (Wildman–Crippen LogP) is 4.87. The van der Waals surface area contributed by atoms with Crippen molar-refractivity contribution in [2.24, 2.45) is 5.10 Å². The summed E-state index contributed by atoms with van der Waals surface area (Å²) in [6.45, 7) is 2.17. The summed E-state index contributed by atoms with van der Waals surface area (Å²) in [5, 5.41) is 6.36. The van der Waals surface area contributed by atoms with Crippen molar-refractivity contribution in [3.8, 4) is 22.6 Å². The first-order valence-electron chi connectivity index (χ1n) is 8.19. The number of carbonyl (C=O) groups excluding carboxylic acids is 1. The molecule has 2 heterocycles. The summed E-state index contributed by atoms with van der Waals surface area (Å²) < 4.78 is 10.6. The van der Waals surface area contributed by atoms with Crippen LogP contribution in [0, 0.1) is 6.92 Å². The van der Waals surface area contributed by atoms with Crippen molar-refractivity contribution in [3.05, 3.63) is 68.9 Å². The van der Waals surface area contributed by atoms with Crippen molar-refractivity contribution in [1.82, 2.24) is 5.43 Å². The third kappa shape index (κ3) is 3.54. The van der Waals surface area contributed by atoms with Crippen LogP contribution < -0.4 is 14.9 Å². The van der Waals surface area contributed by atoms with E-state index in [4.69, 9.17) is 21.1 Å². The van der Waals surface area contributed by atoms with Gasteiger partial charge in [0.15, 0.2) is 11.5 Å². The molecule has 27 heavy (non-hydrogen) atoms. The lowest BCUT2D eigenvalue weighted by Crippen LogP contribution is -2.17. The Balaban J connectivity index is 1.54. The summed E-state index contributed by atoms with van der Waals surface area (Å²) >= 11 is 7.75. The zero-order valence-corrected chi connectivity index (χ0v) is 15.9. The fourth-order valence-electron chi connectivity index (χ4n) is 2.84. The SMILES string of the molecule is Cc1scc(C(=O)N/N=C\c2cc3c(cc2Cl)OCO3)c1-c1ccccc1. The molecule has 1 aliphatic rings. The number of rotatable bonds is 4. The van der Waals surface area contributed by atoms with Gasteiger partial charge < -0.3 is 9.47 Å². The molecule has 0 unspecified atom stereocenters. The number of nitrogens with one attached hydrogen (secondary N) is 1. The van der Waals surface area contributed by atoms with Gasteiger partial charge in [-0.25, -0.2) is 5.43 Å². The highest BCUT2D eigenvalue weighted by molar-refractivity contribution is 7.10. The number of benzene rings is 2. The number of carbonyl (C=O) groups is 1. The van der Waals surface area contributed by atoms with Gasteiger partial charge in [0.25, 0.3) is 5.91 Å². The van der Waals surface area contributed by atoms with Gasteiger partial charge in [0.1, 0.15) is 0 Å². The normalized spacial score (nSPS) is 12.5. The van der Waals surface area contributed by atoms with E-state index in [1.54, 1.807) is 12.1 Å². The van der Waals surface area contributed by atoms with E-state index >= 15 is 0 Å². The molecule has 0 fully saturated rings. The number of hydrazone groups is 1. The summed E-state index contributed by atoms with van der Waals surface area (Å²) in [6.07, 6.45) is 1.49. The highest BCUT2D eigenvalue weighted by atomic mass is 35.5. The number of ether oxygens (including phenoxy) is 2. The molecule has 0 saturated carbocycles. The fourth-order valence-corrected chi connectivity index (χ4v) is 3.91. The first kappa shape index (κ1) is 17.6. The third-order valence-corrected chi connectivity index (χ3v) is 5.38. The van der Waals surface area contributed by atoms with Crippen molar-refractivity contribution >= 4 is 35.1 Å². The lowest BCUT2D eigenvalue weighted by Gasteiger charge is -2.05. The van der Waals surface area contributed by atoms with Crippen LogP contribution in [-0.4, -0.2) is 18.9 Å². The Morgan fingerprint density at radius 1 is 1.22 bits per heavy atom. The Labute approximate surface area is 165 Å². The van der Waals surface area contributed by atoms with E-state index in [9.17, 15) is 4.79 Å². The lowest BCUT2D eigenvalue weighted by atomic mass is 10.0. The molecule has 1 N–H and O–H groups in total. The topological polar surface area (TPSA) is 59.9 Å². The molecule has 0 spiro atoms. The molecule has 1 amide bonds. The minimum absolute atomic E-state index is 0.169. The van der Waals surface area contributed by atoms with Gasteiger partial charge in [-0.2, -0.15) is 5.10 Å². The number of hydrogen-bond donors (Lipinski definition) is 1. The molecule has 1 aromatic heterocycles. The molecule has 0 bridgehead atoms. The van der Waals surface area contributed by atoms with E-state index < -0.39 is 0 Å². The second kappa shape index (κ2) is 7.42. The summed E-state index contributed by atoms with van der Waals surface area (Å²) in [5.74, 6) is 0.931. The molecule has 0 radical (unpaired) electrons. The highest BCUT2D eigenvalue weighted by Crippen LogP contribution is 2.36. The average Bonchev–Trinajstić information content (AvgIpc) is 3.28. The predicted molar refractivity (Wildman–Crippen MR) is 107 cm³/mol. The van der Waals surface area contributed by atoms with E-state index in [0.29, 0.717) is 27.6 Å². The molecule has 4 rings (SSSR count). The minimum atomic E-state index is -0.272. The van der Waals surface area contributed by atoms with E-state index in [1.807, 2.05) is 42.6 Å². The Hall–Kier alpha value is -2.83. The van der Waals surface area contributed by atoms with Crippen molar-refractivity contribution in [1.29, 1.82) is 0 Å². The van der Waals surface area contributed by atoms with Crippen molar-refractivity contribution in [2.45, 2.75) is 6.92 Å². The van der Waals surface area contributed by atoms with Gasteiger partial charge in [-0.1, -0.05) is 41.9 Å². The molecular formula is C20H15ClN2O3S. The quantitative estimate of drug-likeness (QED) is 0.503. The summed E-state index contributed by atoms with van der Waals surface area (Å²) in [7, 11) is 0. The van der Waals surface area contributed by atoms with Crippen LogP contribution >= 0.6 is 22.9 Å². The van der Waals surface area contributed by atoms with Crippen LogP contribution in [0.1, 0.15) is 20.8 Å². The molecule has 0 atom stereocenters. The van der Waals surface area contributed by atoms with E-state index in [1.165, 1.54) is 17.6 Å². The number of hydrogen-bond acceptors (Lipinski definition) is 5. The van der Waals surface area contributed by atoms with Gasteiger partial charge in [-0.3, -0.25) is 4.79 Å². The van der Waals surface area contributed by atoms with Crippen LogP contribution in [0.3, 0.4) is 0 Å². The Morgan fingerprint density at radius 2 is 1.96 bits per heavy atom. The average molecular weight is 399 g/mol. The summed E-state index contributed by atoms with van der Waals surface area (Å²) in [6, 6.07) is 13.2. The van der Waals surface area contributed by atoms with Crippen molar-refractivity contribution < 1.29 is 14.3 Å². The first-order valence-corrected chi connectivity index (χ1v) is 9.45. The Bertz CT molecular complexity index is 1030. The monoisotopic (exact) mass is 398 g/mol. The number of fused-ring (bicyclic) bond motifs is 1. The lowest BCUT2D eigenvalue weighted by molar-refractivity contribution is 0.0956. The molecule has 1 aliphatic heterocycles. The minimum Gasteiger partial charge on any atom is -0.454 e. The van der Waals surface area contributed by atoms with E-state index in [0.717, 1.165) is 16.0 Å².